The van der Waals surface area contributed by atoms with E-state index < -0.39 is 0 Å². The number of nitrogens with one attached hydrogen (secondary N) is 1. The van der Waals surface area contributed by atoms with Crippen LogP contribution in [-0.2, 0) is 11.3 Å². The van der Waals surface area contributed by atoms with Gasteiger partial charge in [-0.1, -0.05) is 6.07 Å². The van der Waals surface area contributed by atoms with Crippen LogP contribution in [0.15, 0.2) is 41.8 Å². The number of halogens is 1. The highest BCUT2D eigenvalue weighted by Crippen LogP contribution is 2.17. The fraction of sp³-hybridized carbons (Fsp3) is 0.450. The van der Waals surface area contributed by atoms with Crippen LogP contribution in [0.2, 0.25) is 0 Å². The zero-order valence-electron chi connectivity index (χ0n) is 15.2. The first-order chi connectivity index (χ1) is 13.2. The SMILES string of the molecule is O=C(NCCCOc1ccc(F)cc1)N(Cc1cccs1)CC1CCCO1. The van der Waals surface area contributed by atoms with Crippen molar-refractivity contribution >= 4 is 17.4 Å². The molecule has 0 aliphatic carbocycles. The highest BCUT2D eigenvalue weighted by atomic mass is 32.1. The van der Waals surface area contributed by atoms with Gasteiger partial charge >= 0.3 is 6.03 Å². The number of amides is 2. The van der Waals surface area contributed by atoms with Crippen LogP contribution in [-0.4, -0.2) is 43.3 Å². The van der Waals surface area contributed by atoms with E-state index in [0.717, 1.165) is 24.3 Å². The largest absolute Gasteiger partial charge is 0.494 e. The molecule has 2 heterocycles. The second kappa shape index (κ2) is 10.3. The van der Waals surface area contributed by atoms with Gasteiger partial charge in [0.15, 0.2) is 0 Å². The molecule has 1 fully saturated rings. The molecular formula is C20H25FN2O3S. The first-order valence-electron chi connectivity index (χ1n) is 9.26. The van der Waals surface area contributed by atoms with Gasteiger partial charge in [-0.2, -0.15) is 0 Å². The van der Waals surface area contributed by atoms with E-state index in [0.29, 0.717) is 38.4 Å². The maximum Gasteiger partial charge on any atom is 0.317 e. The molecule has 1 unspecified atom stereocenters. The normalized spacial score (nSPS) is 16.3. The van der Waals surface area contributed by atoms with Crippen LogP contribution >= 0.6 is 11.3 Å². The van der Waals surface area contributed by atoms with Crippen LogP contribution in [0.3, 0.4) is 0 Å². The standard InChI is InChI=1S/C20H25FN2O3S/c21-16-6-8-17(9-7-16)25-12-3-10-22-20(24)23(14-18-4-1-11-26-18)15-19-5-2-13-27-19/h2,5-9,13,18H,1,3-4,10-12,14-15H2,(H,22,24). The van der Waals surface area contributed by atoms with Crippen molar-refractivity contribution in [3.05, 3.63) is 52.5 Å². The van der Waals surface area contributed by atoms with Crippen molar-refractivity contribution in [2.24, 2.45) is 0 Å². The highest BCUT2D eigenvalue weighted by molar-refractivity contribution is 7.09. The van der Waals surface area contributed by atoms with Crippen molar-refractivity contribution in [3.63, 3.8) is 0 Å². The maximum absolute atomic E-state index is 12.9. The van der Waals surface area contributed by atoms with Crippen LogP contribution < -0.4 is 10.1 Å². The fourth-order valence-corrected chi connectivity index (χ4v) is 3.66. The molecule has 0 saturated carbocycles. The predicted octanol–water partition coefficient (Wildman–Crippen LogP) is 4.05. The van der Waals surface area contributed by atoms with Crippen molar-refractivity contribution < 1.29 is 18.7 Å². The molecular weight excluding hydrogens is 367 g/mol. The van der Waals surface area contributed by atoms with Crippen molar-refractivity contribution in [2.45, 2.75) is 31.9 Å². The Labute approximate surface area is 163 Å². The Kier molecular flexibility index (Phi) is 7.47. The van der Waals surface area contributed by atoms with Crippen molar-refractivity contribution in [1.82, 2.24) is 10.2 Å². The molecule has 1 aromatic carbocycles. The number of carbonyl (C=O) groups excluding carboxylic acids is 1. The zero-order chi connectivity index (χ0) is 18.9. The number of urea groups is 1. The Hall–Kier alpha value is -2.12. The minimum Gasteiger partial charge on any atom is -0.494 e. The molecule has 5 nitrogen and oxygen atoms in total. The molecule has 0 bridgehead atoms. The summed E-state index contributed by atoms with van der Waals surface area (Å²) in [6.45, 7) is 2.96. The summed E-state index contributed by atoms with van der Waals surface area (Å²) in [4.78, 5) is 15.6. The number of hydrogen-bond acceptors (Lipinski definition) is 4. The highest BCUT2D eigenvalue weighted by Gasteiger charge is 2.22. The van der Waals surface area contributed by atoms with Gasteiger partial charge < -0.3 is 19.7 Å². The quantitative estimate of drug-likeness (QED) is 0.655. The number of thiophene rings is 1. The Bertz CT molecular complexity index is 688. The third-order valence-electron chi connectivity index (χ3n) is 4.34. The topological polar surface area (TPSA) is 50.8 Å². The van der Waals surface area contributed by atoms with E-state index in [1.54, 1.807) is 23.5 Å². The number of rotatable bonds is 9. The Morgan fingerprint density at radius 1 is 1.33 bits per heavy atom. The molecule has 7 heteroatoms. The van der Waals surface area contributed by atoms with Gasteiger partial charge in [0.2, 0.25) is 0 Å². The first-order valence-corrected chi connectivity index (χ1v) is 10.1. The Morgan fingerprint density at radius 2 is 2.19 bits per heavy atom. The molecule has 1 aliphatic rings. The van der Waals surface area contributed by atoms with E-state index in [1.807, 2.05) is 22.4 Å². The molecule has 1 saturated heterocycles. The summed E-state index contributed by atoms with van der Waals surface area (Å²) in [6.07, 6.45) is 2.85. The zero-order valence-corrected chi connectivity index (χ0v) is 16.1. The lowest BCUT2D eigenvalue weighted by Gasteiger charge is -2.25. The lowest BCUT2D eigenvalue weighted by atomic mass is 10.2. The first kappa shape index (κ1) is 19.6. The molecule has 1 aromatic heterocycles. The Morgan fingerprint density at radius 3 is 2.89 bits per heavy atom. The van der Waals surface area contributed by atoms with Gasteiger partial charge in [0, 0.05) is 24.6 Å². The van der Waals surface area contributed by atoms with Crippen molar-refractivity contribution in [2.75, 3.05) is 26.3 Å². The van der Waals surface area contributed by atoms with Gasteiger partial charge in [0.25, 0.3) is 0 Å². The monoisotopic (exact) mass is 392 g/mol. The van der Waals surface area contributed by atoms with Gasteiger partial charge in [0.05, 0.1) is 19.3 Å². The summed E-state index contributed by atoms with van der Waals surface area (Å²) < 4.78 is 24.1. The minimum absolute atomic E-state index is 0.0827. The van der Waals surface area contributed by atoms with Crippen LogP contribution in [0.4, 0.5) is 9.18 Å². The van der Waals surface area contributed by atoms with E-state index in [9.17, 15) is 9.18 Å². The third-order valence-corrected chi connectivity index (χ3v) is 5.20. The summed E-state index contributed by atoms with van der Waals surface area (Å²) in [5.41, 5.74) is 0. The summed E-state index contributed by atoms with van der Waals surface area (Å²) in [7, 11) is 0. The van der Waals surface area contributed by atoms with E-state index in [-0.39, 0.29) is 18.0 Å². The summed E-state index contributed by atoms with van der Waals surface area (Å²) >= 11 is 1.65. The average molecular weight is 392 g/mol. The Balaban J connectivity index is 1.41. The van der Waals surface area contributed by atoms with Gasteiger partial charge in [-0.05, 0) is 55.0 Å². The van der Waals surface area contributed by atoms with E-state index in [1.165, 1.54) is 12.1 Å². The van der Waals surface area contributed by atoms with Crippen LogP contribution in [0.1, 0.15) is 24.1 Å². The maximum atomic E-state index is 12.9. The fourth-order valence-electron chi connectivity index (χ4n) is 2.94. The summed E-state index contributed by atoms with van der Waals surface area (Å²) in [5, 5.41) is 4.98. The molecule has 2 aromatic rings. The number of nitrogens with zero attached hydrogens (tertiary/aromatic N) is 1. The number of benzene rings is 1. The van der Waals surface area contributed by atoms with E-state index in [2.05, 4.69) is 5.32 Å². The lowest BCUT2D eigenvalue weighted by molar-refractivity contribution is 0.0797. The molecule has 3 rings (SSSR count). The molecule has 0 radical (unpaired) electrons. The second-order valence-corrected chi connectivity index (χ2v) is 7.52. The van der Waals surface area contributed by atoms with Gasteiger partial charge in [-0.3, -0.25) is 0 Å². The summed E-state index contributed by atoms with van der Waals surface area (Å²) in [5.74, 6) is 0.340. The van der Waals surface area contributed by atoms with Gasteiger partial charge in [0.1, 0.15) is 11.6 Å². The van der Waals surface area contributed by atoms with E-state index >= 15 is 0 Å². The molecule has 1 aliphatic heterocycles. The summed E-state index contributed by atoms with van der Waals surface area (Å²) in [6, 6.07) is 9.87. The van der Waals surface area contributed by atoms with Crippen LogP contribution in [0, 0.1) is 5.82 Å². The number of hydrogen-bond donors (Lipinski definition) is 1. The smallest absolute Gasteiger partial charge is 0.317 e. The molecule has 1 N–H and O–H groups in total. The van der Waals surface area contributed by atoms with Crippen molar-refractivity contribution in [1.29, 1.82) is 0 Å². The predicted molar refractivity (Wildman–Crippen MR) is 104 cm³/mol. The molecule has 146 valence electrons. The molecule has 1 atom stereocenters. The average Bonchev–Trinajstić information content (AvgIpc) is 3.36. The molecule has 0 spiro atoms. The van der Waals surface area contributed by atoms with Crippen LogP contribution in [0.25, 0.3) is 0 Å². The third kappa shape index (κ3) is 6.52. The van der Waals surface area contributed by atoms with Gasteiger partial charge in [-0.15, -0.1) is 11.3 Å². The molecule has 27 heavy (non-hydrogen) atoms. The van der Waals surface area contributed by atoms with Crippen molar-refractivity contribution in [3.8, 4) is 5.75 Å². The minimum atomic E-state index is -0.285. The number of ether oxygens (including phenoxy) is 2. The lowest BCUT2D eigenvalue weighted by Crippen LogP contribution is -2.43. The molecule has 2 amide bonds. The second-order valence-electron chi connectivity index (χ2n) is 6.48. The van der Waals surface area contributed by atoms with Gasteiger partial charge in [-0.25, -0.2) is 9.18 Å². The van der Waals surface area contributed by atoms with Crippen LogP contribution in [0.5, 0.6) is 5.75 Å². The van der Waals surface area contributed by atoms with E-state index in [4.69, 9.17) is 9.47 Å². The number of carbonyl (C=O) groups is 1.